The first-order valence-corrected chi connectivity index (χ1v) is 5.66. The van der Waals surface area contributed by atoms with Gasteiger partial charge in [-0.25, -0.2) is 8.78 Å². The first-order chi connectivity index (χ1) is 7.95. The average molecular weight is 243 g/mol. The number of aryl methyl sites for hydroxylation is 1. The Morgan fingerprint density at radius 1 is 1.24 bits per heavy atom. The molecule has 1 unspecified atom stereocenters. The summed E-state index contributed by atoms with van der Waals surface area (Å²) in [6.45, 7) is 5.99. The van der Waals surface area contributed by atoms with Gasteiger partial charge in [0.1, 0.15) is 11.6 Å². The van der Waals surface area contributed by atoms with Gasteiger partial charge in [-0.3, -0.25) is 0 Å². The van der Waals surface area contributed by atoms with Crippen LogP contribution in [0.3, 0.4) is 0 Å². The average Bonchev–Trinajstić information content (AvgIpc) is 2.24. The first-order valence-electron chi connectivity index (χ1n) is 5.66. The maximum absolute atomic E-state index is 13.6. The number of anilines is 1. The smallest absolute Gasteiger partial charge is 0.146 e. The summed E-state index contributed by atoms with van der Waals surface area (Å²) in [7, 11) is 1.59. The molecule has 0 aromatic heterocycles. The van der Waals surface area contributed by atoms with Crippen LogP contribution in [0.15, 0.2) is 12.1 Å². The molecular weight excluding hydrogens is 224 g/mol. The maximum atomic E-state index is 13.6. The predicted octanol–water partition coefficient (Wildman–Crippen LogP) is 3.36. The van der Waals surface area contributed by atoms with Crippen molar-refractivity contribution in [1.82, 2.24) is 0 Å². The second-order valence-corrected chi connectivity index (χ2v) is 4.53. The maximum Gasteiger partial charge on any atom is 0.146 e. The third-order valence-electron chi connectivity index (χ3n) is 2.74. The van der Waals surface area contributed by atoms with Crippen LogP contribution in [0.2, 0.25) is 0 Å². The SMILES string of the molecule is COCC(Nc1cc(F)c(C)cc1F)C(C)C. The third-order valence-corrected chi connectivity index (χ3v) is 2.74. The predicted molar refractivity (Wildman–Crippen MR) is 65.2 cm³/mol. The summed E-state index contributed by atoms with van der Waals surface area (Å²) in [6.07, 6.45) is 0. The van der Waals surface area contributed by atoms with Gasteiger partial charge in [-0.1, -0.05) is 13.8 Å². The molecule has 0 saturated heterocycles. The molecule has 0 aliphatic heterocycles. The van der Waals surface area contributed by atoms with E-state index in [4.69, 9.17) is 4.74 Å². The van der Waals surface area contributed by atoms with E-state index in [0.29, 0.717) is 12.2 Å². The zero-order valence-corrected chi connectivity index (χ0v) is 10.7. The van der Waals surface area contributed by atoms with Crippen molar-refractivity contribution in [1.29, 1.82) is 0 Å². The fraction of sp³-hybridized carbons (Fsp3) is 0.538. The van der Waals surface area contributed by atoms with Crippen LogP contribution in [0.5, 0.6) is 0 Å². The number of hydrogen-bond acceptors (Lipinski definition) is 2. The van der Waals surface area contributed by atoms with Crippen LogP contribution < -0.4 is 5.32 Å². The molecule has 2 nitrogen and oxygen atoms in total. The minimum atomic E-state index is -0.439. The van der Waals surface area contributed by atoms with Crippen molar-refractivity contribution in [3.05, 3.63) is 29.3 Å². The lowest BCUT2D eigenvalue weighted by Crippen LogP contribution is -2.30. The van der Waals surface area contributed by atoms with E-state index < -0.39 is 11.6 Å². The molecule has 1 aromatic rings. The van der Waals surface area contributed by atoms with Crippen LogP contribution in [0, 0.1) is 24.5 Å². The van der Waals surface area contributed by atoms with Crippen molar-refractivity contribution < 1.29 is 13.5 Å². The minimum absolute atomic E-state index is 0.0448. The van der Waals surface area contributed by atoms with E-state index in [1.165, 1.54) is 19.1 Å². The van der Waals surface area contributed by atoms with Crippen LogP contribution in [0.25, 0.3) is 0 Å². The van der Waals surface area contributed by atoms with Crippen molar-refractivity contribution in [3.63, 3.8) is 0 Å². The number of hydrogen-bond donors (Lipinski definition) is 1. The molecule has 0 spiro atoms. The van der Waals surface area contributed by atoms with Crippen LogP contribution in [0.4, 0.5) is 14.5 Å². The monoisotopic (exact) mass is 243 g/mol. The van der Waals surface area contributed by atoms with Crippen molar-refractivity contribution in [3.8, 4) is 0 Å². The van der Waals surface area contributed by atoms with Crippen molar-refractivity contribution in [2.75, 3.05) is 19.0 Å². The molecule has 0 heterocycles. The molecule has 0 aliphatic rings. The number of ether oxygens (including phenoxy) is 1. The number of benzene rings is 1. The van der Waals surface area contributed by atoms with Crippen molar-refractivity contribution in [2.24, 2.45) is 5.92 Å². The van der Waals surface area contributed by atoms with E-state index in [1.54, 1.807) is 7.11 Å². The second-order valence-electron chi connectivity index (χ2n) is 4.53. The molecule has 96 valence electrons. The van der Waals surface area contributed by atoms with Crippen LogP contribution in [0.1, 0.15) is 19.4 Å². The number of nitrogens with one attached hydrogen (secondary N) is 1. The van der Waals surface area contributed by atoms with E-state index in [0.717, 1.165) is 0 Å². The zero-order chi connectivity index (χ0) is 13.0. The van der Waals surface area contributed by atoms with Gasteiger partial charge < -0.3 is 10.1 Å². The molecule has 1 aromatic carbocycles. The highest BCUT2D eigenvalue weighted by Crippen LogP contribution is 2.21. The van der Waals surface area contributed by atoms with Crippen LogP contribution >= 0.6 is 0 Å². The fourth-order valence-corrected chi connectivity index (χ4v) is 1.54. The summed E-state index contributed by atoms with van der Waals surface area (Å²) in [6, 6.07) is 2.34. The van der Waals surface area contributed by atoms with E-state index in [-0.39, 0.29) is 17.6 Å². The third kappa shape index (κ3) is 3.66. The van der Waals surface area contributed by atoms with Crippen molar-refractivity contribution in [2.45, 2.75) is 26.8 Å². The van der Waals surface area contributed by atoms with Gasteiger partial charge in [-0.15, -0.1) is 0 Å². The Morgan fingerprint density at radius 3 is 2.41 bits per heavy atom. The molecule has 0 radical (unpaired) electrons. The standard InChI is InChI=1S/C13H19F2NO/c1-8(2)13(7-17-4)16-12-6-10(14)9(3)5-11(12)15/h5-6,8,13,16H,7H2,1-4H3. The van der Waals surface area contributed by atoms with E-state index in [9.17, 15) is 8.78 Å². The van der Waals surface area contributed by atoms with Gasteiger partial charge in [0, 0.05) is 13.2 Å². The quantitative estimate of drug-likeness (QED) is 0.856. The van der Waals surface area contributed by atoms with Crippen LogP contribution in [-0.4, -0.2) is 19.8 Å². The number of halogens is 2. The van der Waals surface area contributed by atoms with Gasteiger partial charge in [-0.2, -0.15) is 0 Å². The lowest BCUT2D eigenvalue weighted by Gasteiger charge is -2.23. The van der Waals surface area contributed by atoms with Crippen LogP contribution in [-0.2, 0) is 4.74 Å². The van der Waals surface area contributed by atoms with Gasteiger partial charge in [-0.05, 0) is 24.5 Å². The summed E-state index contributed by atoms with van der Waals surface area (Å²) >= 11 is 0. The first kappa shape index (κ1) is 13.9. The molecule has 4 heteroatoms. The zero-order valence-electron chi connectivity index (χ0n) is 10.7. The Balaban J connectivity index is 2.89. The van der Waals surface area contributed by atoms with E-state index in [2.05, 4.69) is 5.32 Å². The number of methoxy groups -OCH3 is 1. The molecule has 0 fully saturated rings. The van der Waals surface area contributed by atoms with E-state index in [1.807, 2.05) is 13.8 Å². The summed E-state index contributed by atoms with van der Waals surface area (Å²) in [4.78, 5) is 0. The highest BCUT2D eigenvalue weighted by Gasteiger charge is 2.16. The lowest BCUT2D eigenvalue weighted by atomic mass is 10.0. The van der Waals surface area contributed by atoms with Crippen molar-refractivity contribution >= 4 is 5.69 Å². The Hall–Kier alpha value is -1.16. The second kappa shape index (κ2) is 5.96. The Kier molecular flexibility index (Phi) is 4.87. The van der Waals surface area contributed by atoms with E-state index >= 15 is 0 Å². The van der Waals surface area contributed by atoms with Gasteiger partial charge >= 0.3 is 0 Å². The molecule has 17 heavy (non-hydrogen) atoms. The normalized spacial score (nSPS) is 12.9. The molecule has 0 bridgehead atoms. The summed E-state index contributed by atoms with van der Waals surface area (Å²) in [5, 5.41) is 2.98. The van der Waals surface area contributed by atoms with Gasteiger partial charge in [0.05, 0.1) is 18.3 Å². The minimum Gasteiger partial charge on any atom is -0.383 e. The number of rotatable bonds is 5. The van der Waals surface area contributed by atoms with Gasteiger partial charge in [0.25, 0.3) is 0 Å². The highest BCUT2D eigenvalue weighted by molar-refractivity contribution is 5.47. The molecule has 0 aliphatic carbocycles. The molecular formula is C13H19F2NO. The summed E-state index contributed by atoms with van der Waals surface area (Å²) in [5.41, 5.74) is 0.490. The molecule has 0 saturated carbocycles. The molecule has 0 amide bonds. The highest BCUT2D eigenvalue weighted by atomic mass is 19.1. The van der Waals surface area contributed by atoms with Gasteiger partial charge in [0.15, 0.2) is 0 Å². The lowest BCUT2D eigenvalue weighted by molar-refractivity contribution is 0.171. The summed E-state index contributed by atoms with van der Waals surface area (Å²) < 4.78 is 32.0. The molecule has 1 atom stereocenters. The topological polar surface area (TPSA) is 21.3 Å². The largest absolute Gasteiger partial charge is 0.383 e. The Labute approximate surface area is 101 Å². The van der Waals surface area contributed by atoms with Gasteiger partial charge in [0.2, 0.25) is 0 Å². The fourth-order valence-electron chi connectivity index (χ4n) is 1.54. The molecule has 1 N–H and O–H groups in total. The Bertz CT molecular complexity index is 380. The molecule has 1 rings (SSSR count). The summed E-state index contributed by atoms with van der Waals surface area (Å²) in [5.74, 6) is -0.585. The Morgan fingerprint density at radius 2 is 1.88 bits per heavy atom.